The van der Waals surface area contributed by atoms with Crippen LogP contribution in [-0.4, -0.2) is 45.6 Å². The fourth-order valence-corrected chi connectivity index (χ4v) is 3.79. The normalized spacial score (nSPS) is 24.9. The van der Waals surface area contributed by atoms with Crippen LogP contribution in [0.25, 0.3) is 0 Å². The summed E-state index contributed by atoms with van der Waals surface area (Å²) < 4.78 is 36.9. The molecule has 7 nitrogen and oxygen atoms in total. The predicted octanol–water partition coefficient (Wildman–Crippen LogP) is 0.836. The summed E-state index contributed by atoms with van der Waals surface area (Å²) in [4.78, 5) is 16.3. The molecule has 0 amide bonds. The first-order chi connectivity index (χ1) is 11.0. The highest BCUT2D eigenvalue weighted by molar-refractivity contribution is 7.90. The van der Waals surface area contributed by atoms with Gasteiger partial charge in [0.05, 0.1) is 11.0 Å². The van der Waals surface area contributed by atoms with Crippen LogP contribution in [0.15, 0.2) is 34.2 Å². The van der Waals surface area contributed by atoms with Crippen molar-refractivity contribution in [2.75, 3.05) is 13.2 Å². The summed E-state index contributed by atoms with van der Waals surface area (Å²) >= 11 is 0. The minimum atomic E-state index is -3.60. The van der Waals surface area contributed by atoms with Crippen molar-refractivity contribution in [1.29, 1.82) is 0 Å². The van der Waals surface area contributed by atoms with Gasteiger partial charge in [-0.2, -0.15) is 0 Å². The molecule has 0 bridgehead atoms. The summed E-state index contributed by atoms with van der Waals surface area (Å²) in [6.07, 6.45) is 1.80. The van der Waals surface area contributed by atoms with Gasteiger partial charge in [0, 0.05) is 12.2 Å². The number of ether oxygens (including phenoxy) is 2. The highest BCUT2D eigenvalue weighted by atomic mass is 32.2. The molecule has 1 saturated heterocycles. The number of rotatable bonds is 4. The summed E-state index contributed by atoms with van der Waals surface area (Å²) in [5, 5.41) is 0. The molecule has 0 spiro atoms. The van der Waals surface area contributed by atoms with Gasteiger partial charge >= 0.3 is 5.97 Å². The lowest BCUT2D eigenvalue weighted by atomic mass is 10.2. The molecule has 3 rings (SSSR count). The smallest absolute Gasteiger partial charge is 0.330 e. The third-order valence-electron chi connectivity index (χ3n) is 3.76. The molecule has 2 aliphatic heterocycles. The van der Waals surface area contributed by atoms with Crippen LogP contribution in [0.1, 0.15) is 25.3 Å². The maximum Gasteiger partial charge on any atom is 0.330 e. The van der Waals surface area contributed by atoms with Gasteiger partial charge in [0.15, 0.2) is 0 Å². The molecule has 2 atom stereocenters. The number of nitrogens with zero attached hydrogens (tertiary/aromatic N) is 1. The number of hydrogen-bond acceptors (Lipinski definition) is 6. The average molecular weight is 338 g/mol. The first-order valence-corrected chi connectivity index (χ1v) is 8.94. The first-order valence-electron chi connectivity index (χ1n) is 7.45. The number of nitrogens with one attached hydrogen (secondary N) is 1. The van der Waals surface area contributed by atoms with E-state index in [0.29, 0.717) is 12.2 Å². The van der Waals surface area contributed by atoms with E-state index in [4.69, 9.17) is 9.47 Å². The van der Waals surface area contributed by atoms with E-state index in [1.54, 1.807) is 25.1 Å². The number of fused-ring (bicyclic) bond motifs is 1. The Morgan fingerprint density at radius 2 is 2.26 bits per heavy atom. The minimum absolute atomic E-state index is 0.0514. The van der Waals surface area contributed by atoms with Crippen molar-refractivity contribution in [3.05, 3.63) is 29.8 Å². The largest absolute Gasteiger partial charge is 0.461 e. The number of carbonyl (C=O) groups is 1. The van der Waals surface area contributed by atoms with Crippen LogP contribution >= 0.6 is 0 Å². The van der Waals surface area contributed by atoms with Crippen LogP contribution in [-0.2, 0) is 24.3 Å². The Kier molecular flexibility index (Phi) is 4.36. The van der Waals surface area contributed by atoms with E-state index >= 15 is 0 Å². The first kappa shape index (κ1) is 15.9. The number of aliphatic imine (C=N–C) groups is 1. The van der Waals surface area contributed by atoms with E-state index in [1.165, 1.54) is 6.07 Å². The molecule has 2 aliphatic rings. The fourth-order valence-electron chi connectivity index (χ4n) is 2.55. The molecule has 1 fully saturated rings. The molecule has 2 heterocycles. The van der Waals surface area contributed by atoms with Crippen molar-refractivity contribution in [3.63, 3.8) is 0 Å². The zero-order valence-electron chi connectivity index (χ0n) is 12.7. The van der Waals surface area contributed by atoms with Crippen LogP contribution in [0, 0.1) is 0 Å². The monoisotopic (exact) mass is 338 g/mol. The second-order valence-corrected chi connectivity index (χ2v) is 7.17. The second-order valence-electron chi connectivity index (χ2n) is 5.52. The van der Waals surface area contributed by atoms with Gasteiger partial charge in [0.2, 0.25) is 0 Å². The molecule has 8 heteroatoms. The molecule has 0 radical (unpaired) electrons. The molecule has 0 saturated carbocycles. The van der Waals surface area contributed by atoms with Crippen molar-refractivity contribution in [1.82, 2.24) is 4.72 Å². The molecule has 0 aliphatic carbocycles. The predicted molar refractivity (Wildman–Crippen MR) is 82.7 cm³/mol. The maximum atomic E-state index is 12.0. The summed E-state index contributed by atoms with van der Waals surface area (Å²) in [6, 6.07) is 5.70. The summed E-state index contributed by atoms with van der Waals surface area (Å²) in [5.74, 6) is -0.334. The molecule has 124 valence electrons. The number of benzene rings is 1. The molecular weight excluding hydrogens is 320 g/mol. The number of esters is 1. The van der Waals surface area contributed by atoms with Crippen LogP contribution in [0.5, 0.6) is 0 Å². The Hall–Kier alpha value is -1.93. The highest BCUT2D eigenvalue weighted by Gasteiger charge is 2.31. The van der Waals surface area contributed by atoms with E-state index in [0.717, 1.165) is 12.8 Å². The standard InChI is InChI=1S/C15H18N2O5S/c1-10(15(18)22-9-11-5-4-8-21-11)16-14-12-6-2-3-7-13(12)23(19,20)17-14/h2-3,6-7,10-11H,4-5,8-9H2,1H3,(H,16,17)/t10-,11-/m1/s1. The number of carbonyl (C=O) groups excluding carboxylic acids is 1. The van der Waals surface area contributed by atoms with Crippen LogP contribution in [0.3, 0.4) is 0 Å². The van der Waals surface area contributed by atoms with E-state index in [1.807, 2.05) is 0 Å². The van der Waals surface area contributed by atoms with Crippen LogP contribution in [0.4, 0.5) is 0 Å². The van der Waals surface area contributed by atoms with Gasteiger partial charge in [-0.25, -0.2) is 13.2 Å². The molecule has 0 unspecified atom stereocenters. The maximum absolute atomic E-state index is 12.0. The van der Waals surface area contributed by atoms with Gasteiger partial charge in [-0.15, -0.1) is 0 Å². The van der Waals surface area contributed by atoms with Crippen molar-refractivity contribution < 1.29 is 22.7 Å². The molecular formula is C15H18N2O5S. The summed E-state index contributed by atoms with van der Waals surface area (Å²) in [5.41, 5.74) is 0.464. The molecule has 23 heavy (non-hydrogen) atoms. The molecule has 0 aromatic heterocycles. The van der Waals surface area contributed by atoms with Gasteiger partial charge in [-0.3, -0.25) is 9.71 Å². The van der Waals surface area contributed by atoms with Gasteiger partial charge in [-0.05, 0) is 31.9 Å². The minimum Gasteiger partial charge on any atom is -0.461 e. The molecule has 1 N–H and O–H groups in total. The summed E-state index contributed by atoms with van der Waals surface area (Å²) in [6.45, 7) is 2.47. The Labute approximate surface area is 134 Å². The molecule has 1 aromatic carbocycles. The van der Waals surface area contributed by atoms with Crippen molar-refractivity contribution >= 4 is 21.8 Å². The van der Waals surface area contributed by atoms with E-state index in [9.17, 15) is 13.2 Å². The quantitative estimate of drug-likeness (QED) is 0.821. The van der Waals surface area contributed by atoms with Crippen molar-refractivity contribution in [3.8, 4) is 0 Å². The number of sulfonamides is 1. The van der Waals surface area contributed by atoms with Gasteiger partial charge in [-0.1, -0.05) is 12.1 Å². The van der Waals surface area contributed by atoms with Gasteiger partial charge < -0.3 is 9.47 Å². The number of amidine groups is 1. The average Bonchev–Trinajstić information content (AvgIpc) is 3.12. The van der Waals surface area contributed by atoms with Crippen molar-refractivity contribution in [2.45, 2.75) is 36.8 Å². The zero-order valence-corrected chi connectivity index (χ0v) is 13.5. The number of hydrogen-bond donors (Lipinski definition) is 1. The van der Waals surface area contributed by atoms with E-state index in [-0.39, 0.29) is 23.4 Å². The van der Waals surface area contributed by atoms with Gasteiger partial charge in [0.1, 0.15) is 18.5 Å². The summed E-state index contributed by atoms with van der Waals surface area (Å²) in [7, 11) is -3.60. The Balaban J connectivity index is 1.70. The lowest BCUT2D eigenvalue weighted by molar-refractivity contribution is -0.147. The van der Waals surface area contributed by atoms with Crippen LogP contribution in [0.2, 0.25) is 0 Å². The lowest BCUT2D eigenvalue weighted by Crippen LogP contribution is -2.28. The SMILES string of the molecule is C[C@@H](N=C1NS(=O)(=O)c2ccccc21)C(=O)OC[C@H]1CCCO1. The van der Waals surface area contributed by atoms with Gasteiger partial charge in [0.25, 0.3) is 10.0 Å². The lowest BCUT2D eigenvalue weighted by Gasteiger charge is -2.12. The molecule has 1 aromatic rings. The Bertz CT molecular complexity index is 738. The highest BCUT2D eigenvalue weighted by Crippen LogP contribution is 2.22. The van der Waals surface area contributed by atoms with Crippen LogP contribution < -0.4 is 4.72 Å². The Morgan fingerprint density at radius 1 is 1.48 bits per heavy atom. The van der Waals surface area contributed by atoms with Crippen molar-refractivity contribution in [2.24, 2.45) is 4.99 Å². The zero-order chi connectivity index (χ0) is 16.4. The van der Waals surface area contributed by atoms with E-state index in [2.05, 4.69) is 9.71 Å². The third-order valence-corrected chi connectivity index (χ3v) is 5.16. The third kappa shape index (κ3) is 3.37. The fraction of sp³-hybridized carbons (Fsp3) is 0.467. The van der Waals surface area contributed by atoms with E-state index < -0.39 is 22.0 Å². The topological polar surface area (TPSA) is 94.1 Å². The Morgan fingerprint density at radius 3 is 3.00 bits per heavy atom. The second kappa shape index (κ2) is 6.29.